The summed E-state index contributed by atoms with van der Waals surface area (Å²) < 4.78 is 16.1. The number of amides is 2. The highest BCUT2D eigenvalue weighted by atomic mass is 16.5. The highest BCUT2D eigenvalue weighted by molar-refractivity contribution is 5.97. The lowest BCUT2D eigenvalue weighted by Crippen LogP contribution is -2.48. The Labute approximate surface area is 188 Å². The average Bonchev–Trinajstić information content (AvgIpc) is 2.77. The summed E-state index contributed by atoms with van der Waals surface area (Å²) >= 11 is 0. The van der Waals surface area contributed by atoms with Gasteiger partial charge in [-0.15, -0.1) is 0 Å². The van der Waals surface area contributed by atoms with Crippen LogP contribution in [0, 0.1) is 5.92 Å². The molecular formula is C24H31N3O5. The summed E-state index contributed by atoms with van der Waals surface area (Å²) in [5.74, 6) is 0.945. The number of nitrogens with one attached hydrogen (secondary N) is 2. The van der Waals surface area contributed by atoms with E-state index in [0.29, 0.717) is 22.8 Å². The zero-order valence-electron chi connectivity index (χ0n) is 19.3. The molecule has 0 bridgehead atoms. The van der Waals surface area contributed by atoms with E-state index in [2.05, 4.69) is 15.8 Å². The molecule has 0 heterocycles. The fraction of sp³-hybridized carbons (Fsp3) is 0.375. The van der Waals surface area contributed by atoms with Crippen molar-refractivity contribution in [2.45, 2.75) is 39.8 Å². The Morgan fingerprint density at radius 3 is 2.19 bits per heavy atom. The Morgan fingerprint density at radius 2 is 1.62 bits per heavy atom. The number of hydrogen-bond acceptors (Lipinski definition) is 6. The van der Waals surface area contributed by atoms with Gasteiger partial charge in [-0.3, -0.25) is 9.59 Å². The summed E-state index contributed by atoms with van der Waals surface area (Å²) in [4.78, 5) is 25.2. The van der Waals surface area contributed by atoms with E-state index in [1.807, 2.05) is 27.7 Å². The van der Waals surface area contributed by atoms with Gasteiger partial charge in [-0.25, -0.2) is 5.43 Å². The van der Waals surface area contributed by atoms with Gasteiger partial charge in [-0.1, -0.05) is 13.8 Å². The number of ether oxygens (including phenoxy) is 3. The number of rotatable bonds is 10. The van der Waals surface area contributed by atoms with Gasteiger partial charge >= 0.3 is 0 Å². The van der Waals surface area contributed by atoms with E-state index in [1.54, 1.807) is 56.7 Å². The molecule has 8 nitrogen and oxygen atoms in total. The quantitative estimate of drug-likeness (QED) is 0.435. The second-order valence-electron chi connectivity index (χ2n) is 7.73. The molecule has 0 aliphatic heterocycles. The van der Waals surface area contributed by atoms with Crippen LogP contribution in [0.1, 0.15) is 43.6 Å². The van der Waals surface area contributed by atoms with E-state index in [1.165, 1.54) is 6.21 Å². The summed E-state index contributed by atoms with van der Waals surface area (Å²) in [6.07, 6.45) is 1.52. The number of carbonyl (C=O) groups excluding carboxylic acids is 2. The van der Waals surface area contributed by atoms with Gasteiger partial charge in [0, 0.05) is 5.56 Å². The third kappa shape index (κ3) is 7.01. The third-order valence-electron chi connectivity index (χ3n) is 4.53. The summed E-state index contributed by atoms with van der Waals surface area (Å²) in [6, 6.07) is 11.3. The van der Waals surface area contributed by atoms with Crippen LogP contribution in [0.5, 0.6) is 17.2 Å². The van der Waals surface area contributed by atoms with Gasteiger partial charge in [0.05, 0.1) is 26.5 Å². The predicted molar refractivity (Wildman–Crippen MR) is 124 cm³/mol. The van der Waals surface area contributed by atoms with Crippen LogP contribution in [0.4, 0.5) is 0 Å². The molecule has 0 radical (unpaired) electrons. The minimum absolute atomic E-state index is 0.0174. The molecule has 2 rings (SSSR count). The standard InChI is InChI=1S/C24H31N3O5/c1-15(2)22(26-23(28)18-8-10-19(30-5)11-9-18)24(29)27-25-14-17-7-12-20(32-16(3)4)21(13-17)31-6/h7-16,22H,1-6H3,(H,26,28)(H,27,29). The van der Waals surface area contributed by atoms with Crippen LogP contribution in [0.2, 0.25) is 0 Å². The normalized spacial score (nSPS) is 12.0. The lowest BCUT2D eigenvalue weighted by atomic mass is 10.0. The van der Waals surface area contributed by atoms with Gasteiger partial charge in [0.15, 0.2) is 11.5 Å². The second-order valence-corrected chi connectivity index (χ2v) is 7.73. The molecule has 172 valence electrons. The van der Waals surface area contributed by atoms with Crippen LogP contribution >= 0.6 is 0 Å². The van der Waals surface area contributed by atoms with Gasteiger partial charge in [-0.05, 0) is 67.8 Å². The Balaban J connectivity index is 2.03. The first-order valence-electron chi connectivity index (χ1n) is 10.4. The minimum atomic E-state index is -0.752. The lowest BCUT2D eigenvalue weighted by molar-refractivity contribution is -0.123. The first-order chi connectivity index (χ1) is 15.2. The lowest BCUT2D eigenvalue weighted by Gasteiger charge is -2.20. The maximum atomic E-state index is 12.6. The molecule has 0 aromatic heterocycles. The van der Waals surface area contributed by atoms with Crippen LogP contribution in [-0.2, 0) is 4.79 Å². The Hall–Kier alpha value is -3.55. The smallest absolute Gasteiger partial charge is 0.262 e. The van der Waals surface area contributed by atoms with Gasteiger partial charge in [0.25, 0.3) is 11.8 Å². The van der Waals surface area contributed by atoms with Crippen molar-refractivity contribution in [2.24, 2.45) is 11.0 Å². The maximum absolute atomic E-state index is 12.6. The predicted octanol–water partition coefficient (Wildman–Crippen LogP) is 3.40. The molecule has 0 spiro atoms. The first-order valence-corrected chi connectivity index (χ1v) is 10.4. The van der Waals surface area contributed by atoms with Crippen LogP contribution in [0.3, 0.4) is 0 Å². The SMILES string of the molecule is COc1ccc(C(=O)NC(C(=O)NN=Cc2ccc(OC(C)C)c(OC)c2)C(C)C)cc1. The monoisotopic (exact) mass is 441 g/mol. The van der Waals surface area contributed by atoms with Gasteiger partial charge in [0.2, 0.25) is 0 Å². The molecule has 8 heteroatoms. The summed E-state index contributed by atoms with van der Waals surface area (Å²) in [6.45, 7) is 7.56. The number of hydrazone groups is 1. The largest absolute Gasteiger partial charge is 0.497 e. The maximum Gasteiger partial charge on any atom is 0.262 e. The molecule has 2 aromatic carbocycles. The van der Waals surface area contributed by atoms with Crippen LogP contribution in [0.25, 0.3) is 0 Å². The number of hydrogen-bond donors (Lipinski definition) is 2. The van der Waals surface area contributed by atoms with E-state index in [0.717, 1.165) is 5.56 Å². The molecule has 0 aliphatic rings. The first kappa shape index (κ1) is 24.7. The topological polar surface area (TPSA) is 98.2 Å². The fourth-order valence-electron chi connectivity index (χ4n) is 2.86. The minimum Gasteiger partial charge on any atom is -0.497 e. The van der Waals surface area contributed by atoms with Crippen molar-refractivity contribution in [3.05, 3.63) is 53.6 Å². The number of nitrogens with zero attached hydrogens (tertiary/aromatic N) is 1. The van der Waals surface area contributed by atoms with Gasteiger partial charge in [0.1, 0.15) is 11.8 Å². The van der Waals surface area contributed by atoms with Crippen molar-refractivity contribution in [3.63, 3.8) is 0 Å². The molecule has 0 saturated heterocycles. The van der Waals surface area contributed by atoms with Crippen molar-refractivity contribution in [1.29, 1.82) is 0 Å². The molecule has 1 unspecified atom stereocenters. The van der Waals surface area contributed by atoms with Crippen LogP contribution in [0.15, 0.2) is 47.6 Å². The van der Waals surface area contributed by atoms with Crippen molar-refractivity contribution in [3.8, 4) is 17.2 Å². The van der Waals surface area contributed by atoms with Crippen LogP contribution in [-0.4, -0.2) is 44.4 Å². The molecule has 32 heavy (non-hydrogen) atoms. The second kappa shape index (κ2) is 11.7. The third-order valence-corrected chi connectivity index (χ3v) is 4.53. The molecule has 0 aliphatic carbocycles. The molecule has 0 saturated carbocycles. The van der Waals surface area contributed by atoms with E-state index < -0.39 is 11.9 Å². The number of carbonyl (C=O) groups is 2. The van der Waals surface area contributed by atoms with Crippen molar-refractivity contribution in [1.82, 2.24) is 10.7 Å². The zero-order valence-corrected chi connectivity index (χ0v) is 19.3. The molecule has 0 fully saturated rings. The number of methoxy groups -OCH3 is 2. The fourth-order valence-corrected chi connectivity index (χ4v) is 2.86. The highest BCUT2D eigenvalue weighted by Crippen LogP contribution is 2.28. The van der Waals surface area contributed by atoms with Crippen molar-refractivity contribution in [2.75, 3.05) is 14.2 Å². The Morgan fingerprint density at radius 1 is 0.938 bits per heavy atom. The van der Waals surface area contributed by atoms with E-state index >= 15 is 0 Å². The van der Waals surface area contributed by atoms with Gasteiger partial charge < -0.3 is 19.5 Å². The molecule has 1 atom stereocenters. The molecule has 2 amide bonds. The van der Waals surface area contributed by atoms with Crippen molar-refractivity contribution < 1.29 is 23.8 Å². The van der Waals surface area contributed by atoms with Crippen LogP contribution < -0.4 is 25.0 Å². The van der Waals surface area contributed by atoms with E-state index in [4.69, 9.17) is 14.2 Å². The molecule has 2 aromatic rings. The summed E-state index contributed by atoms with van der Waals surface area (Å²) in [5.41, 5.74) is 3.65. The van der Waals surface area contributed by atoms with Crippen molar-refractivity contribution >= 4 is 18.0 Å². The van der Waals surface area contributed by atoms with E-state index in [-0.39, 0.29) is 17.9 Å². The van der Waals surface area contributed by atoms with Gasteiger partial charge in [-0.2, -0.15) is 5.10 Å². The zero-order chi connectivity index (χ0) is 23.7. The summed E-state index contributed by atoms with van der Waals surface area (Å²) in [7, 11) is 3.11. The Bertz CT molecular complexity index is 939. The summed E-state index contributed by atoms with van der Waals surface area (Å²) in [5, 5.41) is 6.79. The highest BCUT2D eigenvalue weighted by Gasteiger charge is 2.24. The number of benzene rings is 2. The van der Waals surface area contributed by atoms with E-state index in [9.17, 15) is 9.59 Å². The average molecular weight is 442 g/mol. The molecular weight excluding hydrogens is 410 g/mol. The molecule has 2 N–H and O–H groups in total. The Kier molecular flexibility index (Phi) is 9.07.